The summed E-state index contributed by atoms with van der Waals surface area (Å²) in [5.41, 5.74) is 0.567. The molecule has 0 atom stereocenters. The minimum absolute atomic E-state index is 0.00546. The molecule has 3 amide bonds. The number of benzene rings is 1. The maximum Gasteiger partial charge on any atom is 0.255 e. The lowest BCUT2D eigenvalue weighted by Crippen LogP contribution is -2.60. The fourth-order valence-electron chi connectivity index (χ4n) is 6.69. The second-order valence-corrected chi connectivity index (χ2v) is 11.6. The smallest absolute Gasteiger partial charge is 0.255 e. The fourth-order valence-corrected chi connectivity index (χ4v) is 7.54. The highest BCUT2D eigenvalue weighted by Gasteiger charge is 2.51. The number of amides is 3. The Labute approximate surface area is 208 Å². The molecule has 0 spiro atoms. The second-order valence-electron chi connectivity index (χ2n) is 10.6. The van der Waals surface area contributed by atoms with Crippen molar-refractivity contribution < 1.29 is 14.4 Å². The van der Waals surface area contributed by atoms with Crippen molar-refractivity contribution in [3.63, 3.8) is 0 Å². The Balaban J connectivity index is 1.37. The molecule has 4 bridgehead atoms. The Morgan fingerprint density at radius 2 is 1.62 bits per heavy atom. The third kappa shape index (κ3) is 5.96. The van der Waals surface area contributed by atoms with Crippen LogP contribution in [-0.4, -0.2) is 53.5 Å². The van der Waals surface area contributed by atoms with E-state index in [0.717, 1.165) is 54.8 Å². The number of nitrogens with one attached hydrogen (secondary N) is 2. The summed E-state index contributed by atoms with van der Waals surface area (Å²) in [6.07, 6.45) is 9.09. The number of carbonyl (C=O) groups excluding carboxylic acids is 3. The zero-order chi connectivity index (χ0) is 24.1. The highest BCUT2D eigenvalue weighted by molar-refractivity contribution is 8.00. The first-order valence-corrected chi connectivity index (χ1v) is 14.0. The number of thioether (sulfide) groups is 1. The van der Waals surface area contributed by atoms with Gasteiger partial charge in [0.05, 0.1) is 17.9 Å². The average Bonchev–Trinajstić information content (AvgIpc) is 2.79. The molecule has 0 unspecified atom stereocenters. The molecular weight excluding hydrogens is 446 g/mol. The first kappa shape index (κ1) is 25.1. The van der Waals surface area contributed by atoms with Crippen LogP contribution in [0.4, 0.5) is 0 Å². The minimum Gasteiger partial charge on any atom is -0.355 e. The lowest BCUT2D eigenvalue weighted by Gasteiger charge is -2.56. The van der Waals surface area contributed by atoms with E-state index < -0.39 is 0 Å². The van der Waals surface area contributed by atoms with Crippen LogP contribution in [0.1, 0.15) is 75.6 Å². The molecule has 186 valence electrons. The molecule has 2 N–H and O–H groups in total. The highest BCUT2D eigenvalue weighted by Crippen LogP contribution is 2.55. The normalized spacial score (nSPS) is 26.8. The second kappa shape index (κ2) is 11.1. The summed E-state index contributed by atoms with van der Waals surface area (Å²) >= 11 is 1.42. The van der Waals surface area contributed by atoms with Gasteiger partial charge in [-0.25, -0.2) is 0 Å². The summed E-state index contributed by atoms with van der Waals surface area (Å²) in [6, 6.07) is 7.44. The van der Waals surface area contributed by atoms with Crippen molar-refractivity contribution in [2.75, 3.05) is 25.4 Å². The number of nitrogens with zero attached hydrogens (tertiary/aromatic N) is 1. The third-order valence-electron chi connectivity index (χ3n) is 7.61. The van der Waals surface area contributed by atoms with Crippen molar-refractivity contribution in [2.24, 2.45) is 17.8 Å². The Kier molecular flexibility index (Phi) is 8.22. The number of hydrogen-bond acceptors (Lipinski definition) is 4. The van der Waals surface area contributed by atoms with Gasteiger partial charge in [0.25, 0.3) is 5.91 Å². The zero-order valence-corrected chi connectivity index (χ0v) is 21.4. The molecule has 4 aliphatic carbocycles. The van der Waals surface area contributed by atoms with Crippen molar-refractivity contribution in [3.8, 4) is 0 Å². The standard InChI is InChI=1S/C27H39N3O3S/c1-3-9-28-24(31)17-30(10-4-2)26(33)22-7-5-6-8-23(22)34-18-25(32)29-27-14-19-11-20(15-27)13-21(12-19)16-27/h5-8,19-21H,3-4,9-18H2,1-2H3,(H,28,31)(H,29,32). The molecule has 4 fully saturated rings. The molecule has 6 nitrogen and oxygen atoms in total. The number of carbonyl (C=O) groups is 3. The van der Waals surface area contributed by atoms with Gasteiger partial charge in [-0.3, -0.25) is 14.4 Å². The van der Waals surface area contributed by atoms with Crippen molar-refractivity contribution >= 4 is 29.5 Å². The zero-order valence-electron chi connectivity index (χ0n) is 20.6. The Bertz CT molecular complexity index is 868. The van der Waals surface area contributed by atoms with Crippen molar-refractivity contribution in [1.82, 2.24) is 15.5 Å². The van der Waals surface area contributed by atoms with E-state index in [1.807, 2.05) is 32.0 Å². The molecule has 5 rings (SSSR count). The topological polar surface area (TPSA) is 78.5 Å². The van der Waals surface area contributed by atoms with Crippen molar-refractivity contribution in [3.05, 3.63) is 29.8 Å². The van der Waals surface area contributed by atoms with Crippen molar-refractivity contribution in [2.45, 2.75) is 75.6 Å². The van der Waals surface area contributed by atoms with E-state index in [2.05, 4.69) is 10.6 Å². The fraction of sp³-hybridized carbons (Fsp3) is 0.667. The van der Waals surface area contributed by atoms with E-state index in [0.29, 0.717) is 24.4 Å². The summed E-state index contributed by atoms with van der Waals surface area (Å²) in [5.74, 6) is 2.45. The molecule has 0 heterocycles. The Morgan fingerprint density at radius 1 is 0.971 bits per heavy atom. The molecule has 0 saturated heterocycles. The van der Waals surface area contributed by atoms with Gasteiger partial charge in [0.2, 0.25) is 11.8 Å². The summed E-state index contributed by atoms with van der Waals surface area (Å²) < 4.78 is 0. The van der Waals surface area contributed by atoms with Crippen LogP contribution in [0.25, 0.3) is 0 Å². The van der Waals surface area contributed by atoms with Gasteiger partial charge in [0.15, 0.2) is 0 Å². The summed E-state index contributed by atoms with van der Waals surface area (Å²) in [6.45, 7) is 5.18. The summed E-state index contributed by atoms with van der Waals surface area (Å²) in [7, 11) is 0. The van der Waals surface area contributed by atoms with Crippen LogP contribution >= 0.6 is 11.8 Å². The average molecular weight is 486 g/mol. The lowest BCUT2D eigenvalue weighted by atomic mass is 9.53. The van der Waals surface area contributed by atoms with Gasteiger partial charge in [-0.15, -0.1) is 11.8 Å². The predicted molar refractivity (Wildman–Crippen MR) is 136 cm³/mol. The monoisotopic (exact) mass is 485 g/mol. The molecule has 7 heteroatoms. The maximum absolute atomic E-state index is 13.3. The van der Waals surface area contributed by atoms with E-state index in [-0.39, 0.29) is 29.8 Å². The molecule has 34 heavy (non-hydrogen) atoms. The molecule has 1 aromatic rings. The third-order valence-corrected chi connectivity index (χ3v) is 8.68. The van der Waals surface area contributed by atoms with Crippen LogP contribution in [-0.2, 0) is 9.59 Å². The Morgan fingerprint density at radius 3 is 2.24 bits per heavy atom. The van der Waals surface area contributed by atoms with Crippen LogP contribution in [0.15, 0.2) is 29.2 Å². The summed E-state index contributed by atoms with van der Waals surface area (Å²) in [4.78, 5) is 41.0. The van der Waals surface area contributed by atoms with Gasteiger partial charge in [0.1, 0.15) is 0 Å². The minimum atomic E-state index is -0.155. The van der Waals surface area contributed by atoms with E-state index in [1.165, 1.54) is 31.0 Å². The maximum atomic E-state index is 13.3. The van der Waals surface area contributed by atoms with Crippen LogP contribution < -0.4 is 10.6 Å². The molecule has 4 saturated carbocycles. The van der Waals surface area contributed by atoms with Gasteiger partial charge in [0, 0.05) is 23.5 Å². The molecule has 0 aliphatic heterocycles. The van der Waals surface area contributed by atoms with Crippen molar-refractivity contribution in [1.29, 1.82) is 0 Å². The number of hydrogen-bond donors (Lipinski definition) is 2. The van der Waals surface area contributed by atoms with Gasteiger partial charge in [-0.1, -0.05) is 26.0 Å². The molecule has 4 aliphatic rings. The van der Waals surface area contributed by atoms with E-state index in [1.54, 1.807) is 11.0 Å². The highest BCUT2D eigenvalue weighted by atomic mass is 32.2. The summed E-state index contributed by atoms with van der Waals surface area (Å²) in [5, 5.41) is 6.28. The van der Waals surface area contributed by atoms with Gasteiger partial charge >= 0.3 is 0 Å². The van der Waals surface area contributed by atoms with Crippen LogP contribution in [0.5, 0.6) is 0 Å². The predicted octanol–water partition coefficient (Wildman–Crippen LogP) is 4.24. The van der Waals surface area contributed by atoms with E-state index in [4.69, 9.17) is 0 Å². The largest absolute Gasteiger partial charge is 0.355 e. The molecular formula is C27H39N3O3S. The van der Waals surface area contributed by atoms with E-state index in [9.17, 15) is 14.4 Å². The SMILES string of the molecule is CCCNC(=O)CN(CCC)C(=O)c1ccccc1SCC(=O)NC12CC3CC(CC(C3)C1)C2. The molecule has 0 radical (unpaired) electrons. The lowest BCUT2D eigenvalue weighted by molar-refractivity contribution is -0.124. The van der Waals surface area contributed by atoms with Crippen LogP contribution in [0, 0.1) is 17.8 Å². The molecule has 0 aromatic heterocycles. The first-order chi connectivity index (χ1) is 16.4. The van der Waals surface area contributed by atoms with Gasteiger partial charge in [-0.05, 0) is 81.3 Å². The van der Waals surface area contributed by atoms with Crippen LogP contribution in [0.3, 0.4) is 0 Å². The first-order valence-electron chi connectivity index (χ1n) is 13.0. The van der Waals surface area contributed by atoms with E-state index >= 15 is 0 Å². The van der Waals surface area contributed by atoms with Gasteiger partial charge < -0.3 is 15.5 Å². The Hall–Kier alpha value is -2.02. The van der Waals surface area contributed by atoms with Gasteiger partial charge in [-0.2, -0.15) is 0 Å². The quantitative estimate of drug-likeness (QED) is 0.460. The number of rotatable bonds is 11. The van der Waals surface area contributed by atoms with Crippen LogP contribution in [0.2, 0.25) is 0 Å². The molecule has 1 aromatic carbocycles.